The molecule has 1 fully saturated rings. The molecule has 4 heteroatoms. The number of nitrogens with one attached hydrogen (secondary N) is 1. The Balaban J connectivity index is 1.79. The van der Waals surface area contributed by atoms with Crippen molar-refractivity contribution < 1.29 is 9.59 Å². The molecule has 0 bridgehead atoms. The Morgan fingerprint density at radius 2 is 1.58 bits per heavy atom. The second-order valence-electron chi connectivity index (χ2n) is 8.11. The highest BCUT2D eigenvalue weighted by Gasteiger charge is 2.58. The van der Waals surface area contributed by atoms with E-state index in [2.05, 4.69) is 5.32 Å². The number of carbonyl (C=O) groups is 2. The summed E-state index contributed by atoms with van der Waals surface area (Å²) < 4.78 is 0. The standard InChI is InChI=1S/C27H26N2O2/c1-19-13-15-23(16-14-19)29-25(30)18-27(29,21(3)17-22-10-5-4-6-11-22)26(31)28-24-12-8-7-9-20(24)2/h4-17H,18H2,1-3H3,(H,28,31). The van der Waals surface area contributed by atoms with Gasteiger partial charge in [0, 0.05) is 11.4 Å². The van der Waals surface area contributed by atoms with E-state index < -0.39 is 5.54 Å². The minimum absolute atomic E-state index is 0.0652. The Labute approximate surface area is 183 Å². The van der Waals surface area contributed by atoms with Crippen molar-refractivity contribution in [2.75, 3.05) is 10.2 Å². The van der Waals surface area contributed by atoms with Crippen LogP contribution >= 0.6 is 0 Å². The Kier molecular flexibility index (Phi) is 5.47. The second-order valence-corrected chi connectivity index (χ2v) is 8.11. The van der Waals surface area contributed by atoms with Crippen molar-refractivity contribution in [3.63, 3.8) is 0 Å². The summed E-state index contributed by atoms with van der Waals surface area (Å²) in [6.45, 7) is 5.89. The van der Waals surface area contributed by atoms with E-state index >= 15 is 0 Å². The summed E-state index contributed by atoms with van der Waals surface area (Å²) in [6, 6.07) is 25.3. The summed E-state index contributed by atoms with van der Waals surface area (Å²) in [4.78, 5) is 28.2. The zero-order valence-electron chi connectivity index (χ0n) is 18.1. The first-order valence-electron chi connectivity index (χ1n) is 10.4. The van der Waals surface area contributed by atoms with Gasteiger partial charge >= 0.3 is 0 Å². The number of para-hydroxylation sites is 1. The SMILES string of the molecule is CC(=Cc1ccccc1)C1(C(=O)Nc2ccccc2C)CC(=O)N1c1ccc(C)cc1. The molecule has 31 heavy (non-hydrogen) atoms. The highest BCUT2D eigenvalue weighted by atomic mass is 16.2. The van der Waals surface area contributed by atoms with Crippen LogP contribution in [-0.2, 0) is 9.59 Å². The number of benzene rings is 3. The molecule has 4 nitrogen and oxygen atoms in total. The fraction of sp³-hybridized carbons (Fsp3) is 0.185. The number of rotatable bonds is 5. The quantitative estimate of drug-likeness (QED) is 0.563. The largest absolute Gasteiger partial charge is 0.323 e. The van der Waals surface area contributed by atoms with Crippen molar-refractivity contribution in [3.8, 4) is 0 Å². The zero-order valence-corrected chi connectivity index (χ0v) is 18.1. The van der Waals surface area contributed by atoms with Crippen LogP contribution in [0.15, 0.2) is 84.4 Å². The molecule has 1 atom stereocenters. The first-order valence-corrected chi connectivity index (χ1v) is 10.4. The van der Waals surface area contributed by atoms with Crippen molar-refractivity contribution in [3.05, 3.63) is 101 Å². The van der Waals surface area contributed by atoms with Crippen molar-refractivity contribution >= 4 is 29.3 Å². The number of hydrogen-bond donors (Lipinski definition) is 1. The highest BCUT2D eigenvalue weighted by Crippen LogP contribution is 2.43. The van der Waals surface area contributed by atoms with E-state index in [4.69, 9.17) is 0 Å². The van der Waals surface area contributed by atoms with E-state index in [1.165, 1.54) is 0 Å². The van der Waals surface area contributed by atoms with E-state index in [9.17, 15) is 9.59 Å². The predicted octanol–water partition coefficient (Wildman–Crippen LogP) is 5.52. The van der Waals surface area contributed by atoms with E-state index in [-0.39, 0.29) is 18.2 Å². The van der Waals surface area contributed by atoms with Gasteiger partial charge in [0.15, 0.2) is 5.54 Å². The van der Waals surface area contributed by atoms with Crippen molar-refractivity contribution in [2.24, 2.45) is 0 Å². The summed E-state index contributed by atoms with van der Waals surface area (Å²) in [5.74, 6) is -0.267. The maximum Gasteiger partial charge on any atom is 0.255 e. The van der Waals surface area contributed by atoms with Gasteiger partial charge in [0.05, 0.1) is 6.42 Å². The van der Waals surface area contributed by atoms with Gasteiger partial charge in [-0.25, -0.2) is 0 Å². The van der Waals surface area contributed by atoms with Gasteiger partial charge in [-0.15, -0.1) is 0 Å². The molecule has 1 aliphatic rings. The fourth-order valence-corrected chi connectivity index (χ4v) is 4.09. The third kappa shape index (κ3) is 3.77. The van der Waals surface area contributed by atoms with E-state index in [0.29, 0.717) is 0 Å². The van der Waals surface area contributed by atoms with Gasteiger partial charge < -0.3 is 5.32 Å². The van der Waals surface area contributed by atoms with Gasteiger partial charge in [-0.1, -0.05) is 72.3 Å². The molecular weight excluding hydrogens is 384 g/mol. The van der Waals surface area contributed by atoms with Gasteiger partial charge in [-0.2, -0.15) is 0 Å². The lowest BCUT2D eigenvalue weighted by Gasteiger charge is -2.51. The molecule has 4 rings (SSSR count). The molecule has 3 aromatic rings. The number of aryl methyl sites for hydroxylation is 2. The number of amides is 2. The summed E-state index contributed by atoms with van der Waals surface area (Å²) in [7, 11) is 0. The summed E-state index contributed by atoms with van der Waals surface area (Å²) >= 11 is 0. The highest BCUT2D eigenvalue weighted by molar-refractivity contribution is 6.19. The molecule has 1 aliphatic heterocycles. The Morgan fingerprint density at radius 3 is 2.23 bits per heavy atom. The minimum atomic E-state index is -1.08. The fourth-order valence-electron chi connectivity index (χ4n) is 4.09. The molecule has 1 heterocycles. The second kappa shape index (κ2) is 8.23. The molecule has 156 valence electrons. The van der Waals surface area contributed by atoms with Crippen LogP contribution in [0.5, 0.6) is 0 Å². The topological polar surface area (TPSA) is 49.4 Å². The van der Waals surface area contributed by atoms with Crippen LogP contribution in [0.4, 0.5) is 11.4 Å². The van der Waals surface area contributed by atoms with Crippen LogP contribution in [0, 0.1) is 13.8 Å². The minimum Gasteiger partial charge on any atom is -0.323 e. The Hall–Kier alpha value is -3.66. The van der Waals surface area contributed by atoms with E-state index in [1.807, 2.05) is 106 Å². The molecule has 0 spiro atoms. The molecular formula is C27H26N2O2. The van der Waals surface area contributed by atoms with Crippen LogP contribution < -0.4 is 10.2 Å². The molecule has 3 aromatic carbocycles. The number of carbonyl (C=O) groups excluding carboxylic acids is 2. The van der Waals surface area contributed by atoms with Crippen LogP contribution in [0.25, 0.3) is 6.08 Å². The normalized spacial score (nSPS) is 18.5. The van der Waals surface area contributed by atoms with Gasteiger partial charge in [-0.05, 0) is 55.7 Å². The molecule has 1 unspecified atom stereocenters. The molecule has 0 aliphatic carbocycles. The number of hydrogen-bond acceptors (Lipinski definition) is 2. The maximum atomic E-state index is 13.8. The number of anilines is 2. The van der Waals surface area contributed by atoms with Gasteiger partial charge in [0.1, 0.15) is 0 Å². The molecule has 0 radical (unpaired) electrons. The van der Waals surface area contributed by atoms with Crippen LogP contribution in [-0.4, -0.2) is 17.4 Å². The lowest BCUT2D eigenvalue weighted by atomic mass is 9.75. The molecule has 0 aromatic heterocycles. The van der Waals surface area contributed by atoms with Crippen molar-refractivity contribution in [2.45, 2.75) is 32.7 Å². The van der Waals surface area contributed by atoms with Gasteiger partial charge in [0.25, 0.3) is 5.91 Å². The third-order valence-corrected chi connectivity index (χ3v) is 5.93. The Bertz CT molecular complexity index is 1150. The van der Waals surface area contributed by atoms with E-state index in [0.717, 1.165) is 33.6 Å². The lowest BCUT2D eigenvalue weighted by Crippen LogP contribution is -2.70. The summed E-state index contributed by atoms with van der Waals surface area (Å²) in [6.07, 6.45) is 2.12. The van der Waals surface area contributed by atoms with E-state index in [1.54, 1.807) is 4.90 Å². The first kappa shape index (κ1) is 20.6. The van der Waals surface area contributed by atoms with Crippen molar-refractivity contribution in [1.29, 1.82) is 0 Å². The van der Waals surface area contributed by atoms with Crippen LogP contribution in [0.2, 0.25) is 0 Å². The smallest absolute Gasteiger partial charge is 0.255 e. The average Bonchev–Trinajstić information content (AvgIpc) is 2.75. The lowest BCUT2D eigenvalue weighted by molar-refractivity contribution is -0.135. The first-order chi connectivity index (χ1) is 14.9. The maximum absolute atomic E-state index is 13.8. The molecule has 0 saturated carbocycles. The molecule has 1 saturated heterocycles. The third-order valence-electron chi connectivity index (χ3n) is 5.93. The summed E-state index contributed by atoms with van der Waals surface area (Å²) in [5.41, 5.74) is 4.29. The van der Waals surface area contributed by atoms with Crippen LogP contribution in [0.3, 0.4) is 0 Å². The Morgan fingerprint density at radius 1 is 0.935 bits per heavy atom. The van der Waals surface area contributed by atoms with Crippen molar-refractivity contribution in [1.82, 2.24) is 0 Å². The number of β-lactam (4-membered cyclic amide) rings is 1. The molecule has 1 N–H and O–H groups in total. The average molecular weight is 411 g/mol. The molecule has 2 amide bonds. The monoisotopic (exact) mass is 410 g/mol. The predicted molar refractivity (Wildman–Crippen MR) is 126 cm³/mol. The van der Waals surface area contributed by atoms with Gasteiger partial charge in [0.2, 0.25) is 5.91 Å². The zero-order chi connectivity index (χ0) is 22.0. The number of nitrogens with zero attached hydrogens (tertiary/aromatic N) is 1. The summed E-state index contributed by atoms with van der Waals surface area (Å²) in [5, 5.41) is 3.08. The van der Waals surface area contributed by atoms with Crippen LogP contribution in [0.1, 0.15) is 30.0 Å². The van der Waals surface area contributed by atoms with Gasteiger partial charge in [-0.3, -0.25) is 14.5 Å².